The standard InChI is InChI=1S/C14H14BrNOS/c15-12-4-1-3-11(13-5-2-10-18-13)14(12)16-6-8-17-9-7-16/h1-5,10H,6-9H2. The van der Waals surface area contributed by atoms with Crippen LogP contribution in [0.3, 0.4) is 0 Å². The molecule has 2 heterocycles. The van der Waals surface area contributed by atoms with Gasteiger partial charge in [-0.3, -0.25) is 0 Å². The van der Waals surface area contributed by atoms with E-state index in [1.807, 2.05) is 0 Å². The van der Waals surface area contributed by atoms with Crippen LogP contribution in [0.2, 0.25) is 0 Å². The van der Waals surface area contributed by atoms with Gasteiger partial charge in [-0.2, -0.15) is 0 Å². The number of benzene rings is 1. The van der Waals surface area contributed by atoms with Gasteiger partial charge >= 0.3 is 0 Å². The molecule has 0 N–H and O–H groups in total. The first kappa shape index (κ1) is 12.2. The van der Waals surface area contributed by atoms with Crippen LogP contribution < -0.4 is 4.90 Å². The minimum atomic E-state index is 0.811. The fraction of sp³-hybridized carbons (Fsp3) is 0.286. The Morgan fingerprint density at radius 3 is 2.67 bits per heavy atom. The fourth-order valence-electron chi connectivity index (χ4n) is 2.25. The van der Waals surface area contributed by atoms with Crippen molar-refractivity contribution in [3.63, 3.8) is 0 Å². The monoisotopic (exact) mass is 323 g/mol. The van der Waals surface area contributed by atoms with E-state index in [2.05, 4.69) is 56.5 Å². The molecule has 3 rings (SSSR count). The van der Waals surface area contributed by atoms with E-state index in [-0.39, 0.29) is 0 Å². The number of anilines is 1. The lowest BCUT2D eigenvalue weighted by Gasteiger charge is -2.31. The van der Waals surface area contributed by atoms with E-state index in [1.165, 1.54) is 16.1 Å². The highest BCUT2D eigenvalue weighted by atomic mass is 79.9. The summed E-state index contributed by atoms with van der Waals surface area (Å²) in [6.45, 7) is 3.54. The van der Waals surface area contributed by atoms with Crippen LogP contribution in [0.5, 0.6) is 0 Å². The van der Waals surface area contributed by atoms with Crippen LogP contribution >= 0.6 is 27.3 Å². The molecular weight excluding hydrogens is 310 g/mol. The summed E-state index contributed by atoms with van der Waals surface area (Å²) in [5.74, 6) is 0. The molecule has 0 bridgehead atoms. The number of nitrogens with zero attached hydrogens (tertiary/aromatic N) is 1. The highest BCUT2D eigenvalue weighted by molar-refractivity contribution is 9.10. The lowest BCUT2D eigenvalue weighted by Crippen LogP contribution is -2.36. The van der Waals surface area contributed by atoms with Crippen molar-refractivity contribution in [1.82, 2.24) is 0 Å². The van der Waals surface area contributed by atoms with Crippen molar-refractivity contribution in [2.24, 2.45) is 0 Å². The molecule has 0 amide bonds. The third kappa shape index (κ3) is 2.32. The minimum Gasteiger partial charge on any atom is -0.378 e. The molecule has 1 aromatic carbocycles. The SMILES string of the molecule is Brc1cccc(-c2cccs2)c1N1CCOCC1. The van der Waals surface area contributed by atoms with E-state index in [0.29, 0.717) is 0 Å². The zero-order valence-electron chi connectivity index (χ0n) is 9.93. The van der Waals surface area contributed by atoms with Crippen molar-refractivity contribution in [3.05, 3.63) is 40.2 Å². The molecule has 18 heavy (non-hydrogen) atoms. The number of thiophene rings is 1. The molecule has 4 heteroatoms. The molecule has 1 aromatic heterocycles. The van der Waals surface area contributed by atoms with Gasteiger partial charge in [0.15, 0.2) is 0 Å². The van der Waals surface area contributed by atoms with Crippen molar-refractivity contribution < 1.29 is 4.74 Å². The number of hydrogen-bond acceptors (Lipinski definition) is 3. The van der Waals surface area contributed by atoms with Gasteiger partial charge in [0.05, 0.1) is 18.9 Å². The Balaban J connectivity index is 2.06. The molecule has 1 fully saturated rings. The zero-order valence-corrected chi connectivity index (χ0v) is 12.3. The van der Waals surface area contributed by atoms with Gasteiger partial charge < -0.3 is 9.64 Å². The summed E-state index contributed by atoms with van der Waals surface area (Å²) in [4.78, 5) is 3.72. The van der Waals surface area contributed by atoms with Crippen molar-refractivity contribution in [2.45, 2.75) is 0 Å². The molecule has 94 valence electrons. The average Bonchev–Trinajstić information content (AvgIpc) is 2.93. The highest BCUT2D eigenvalue weighted by Crippen LogP contribution is 2.39. The molecule has 1 aliphatic rings. The predicted octanol–water partition coefficient (Wildman–Crippen LogP) is 4.01. The van der Waals surface area contributed by atoms with E-state index in [0.717, 1.165) is 30.8 Å². The molecule has 1 saturated heterocycles. The van der Waals surface area contributed by atoms with Gasteiger partial charge in [-0.1, -0.05) is 18.2 Å². The van der Waals surface area contributed by atoms with Crippen LogP contribution in [0, 0.1) is 0 Å². The molecule has 0 aliphatic carbocycles. The van der Waals surface area contributed by atoms with E-state index in [4.69, 9.17) is 4.74 Å². The summed E-state index contributed by atoms with van der Waals surface area (Å²) >= 11 is 5.47. The first-order valence-corrected chi connectivity index (χ1v) is 7.68. The van der Waals surface area contributed by atoms with Crippen molar-refractivity contribution >= 4 is 33.0 Å². The maximum Gasteiger partial charge on any atom is 0.0642 e. The Labute approximate surface area is 119 Å². The maximum atomic E-state index is 5.44. The van der Waals surface area contributed by atoms with Gasteiger partial charge in [-0.05, 0) is 33.4 Å². The zero-order chi connectivity index (χ0) is 12.4. The summed E-state index contributed by atoms with van der Waals surface area (Å²) < 4.78 is 6.60. The third-order valence-electron chi connectivity index (χ3n) is 3.10. The lowest BCUT2D eigenvalue weighted by molar-refractivity contribution is 0.122. The summed E-state index contributed by atoms with van der Waals surface area (Å²) in [6.07, 6.45) is 0. The molecule has 0 atom stereocenters. The molecule has 1 aliphatic heterocycles. The van der Waals surface area contributed by atoms with Gasteiger partial charge in [-0.25, -0.2) is 0 Å². The number of rotatable bonds is 2. The molecule has 2 nitrogen and oxygen atoms in total. The topological polar surface area (TPSA) is 12.5 Å². The van der Waals surface area contributed by atoms with Crippen LogP contribution in [0.4, 0.5) is 5.69 Å². The Morgan fingerprint density at radius 2 is 1.94 bits per heavy atom. The van der Waals surface area contributed by atoms with Crippen molar-refractivity contribution in [3.8, 4) is 10.4 Å². The molecule has 2 aromatic rings. The second-order valence-corrected chi connectivity index (χ2v) is 6.01. The van der Waals surface area contributed by atoms with Gasteiger partial charge in [0.25, 0.3) is 0 Å². The van der Waals surface area contributed by atoms with Crippen molar-refractivity contribution in [2.75, 3.05) is 31.2 Å². The molecular formula is C14H14BrNOS. The van der Waals surface area contributed by atoms with Crippen molar-refractivity contribution in [1.29, 1.82) is 0 Å². The Kier molecular flexibility index (Phi) is 3.68. The van der Waals surface area contributed by atoms with E-state index in [9.17, 15) is 0 Å². The van der Waals surface area contributed by atoms with Gasteiger partial charge in [0.2, 0.25) is 0 Å². The second kappa shape index (κ2) is 5.43. The molecule has 0 radical (unpaired) electrons. The van der Waals surface area contributed by atoms with Gasteiger partial charge in [-0.15, -0.1) is 11.3 Å². The average molecular weight is 324 g/mol. The van der Waals surface area contributed by atoms with E-state index >= 15 is 0 Å². The third-order valence-corrected chi connectivity index (χ3v) is 4.64. The lowest BCUT2D eigenvalue weighted by atomic mass is 10.1. The van der Waals surface area contributed by atoms with Crippen LogP contribution in [0.15, 0.2) is 40.2 Å². The van der Waals surface area contributed by atoms with Gasteiger partial charge in [0.1, 0.15) is 0 Å². The Morgan fingerprint density at radius 1 is 1.11 bits per heavy atom. The Bertz CT molecular complexity index is 521. The number of morpholine rings is 1. The Hall–Kier alpha value is -0.840. The second-order valence-electron chi connectivity index (χ2n) is 4.21. The predicted molar refractivity (Wildman–Crippen MR) is 80.5 cm³/mol. The number of halogens is 1. The molecule has 0 saturated carbocycles. The minimum absolute atomic E-state index is 0.811. The smallest absolute Gasteiger partial charge is 0.0642 e. The maximum absolute atomic E-state index is 5.44. The quantitative estimate of drug-likeness (QED) is 0.827. The summed E-state index contributed by atoms with van der Waals surface area (Å²) in [5, 5.41) is 2.12. The number of hydrogen-bond donors (Lipinski definition) is 0. The number of para-hydroxylation sites is 1. The molecule has 0 spiro atoms. The normalized spacial score (nSPS) is 15.9. The summed E-state index contributed by atoms with van der Waals surface area (Å²) in [5.41, 5.74) is 2.60. The first-order valence-electron chi connectivity index (χ1n) is 6.01. The molecule has 0 unspecified atom stereocenters. The van der Waals surface area contributed by atoms with Gasteiger partial charge in [0, 0.05) is 28.0 Å². The van der Waals surface area contributed by atoms with Crippen LogP contribution in [0.25, 0.3) is 10.4 Å². The summed E-state index contributed by atoms with van der Waals surface area (Å²) in [6, 6.07) is 10.7. The van der Waals surface area contributed by atoms with E-state index < -0.39 is 0 Å². The van der Waals surface area contributed by atoms with Crippen LogP contribution in [-0.4, -0.2) is 26.3 Å². The largest absolute Gasteiger partial charge is 0.378 e. The highest BCUT2D eigenvalue weighted by Gasteiger charge is 2.18. The first-order chi connectivity index (χ1) is 8.86. The number of ether oxygens (including phenoxy) is 1. The van der Waals surface area contributed by atoms with Crippen LogP contribution in [0.1, 0.15) is 0 Å². The fourth-order valence-corrected chi connectivity index (χ4v) is 3.62. The summed E-state index contributed by atoms with van der Waals surface area (Å²) in [7, 11) is 0. The van der Waals surface area contributed by atoms with Crippen LogP contribution in [-0.2, 0) is 4.74 Å². The van der Waals surface area contributed by atoms with E-state index in [1.54, 1.807) is 11.3 Å².